The van der Waals surface area contributed by atoms with E-state index in [2.05, 4.69) is 9.98 Å². The molecule has 0 bridgehead atoms. The van der Waals surface area contributed by atoms with Gasteiger partial charge in [-0.25, -0.2) is 4.98 Å². The van der Waals surface area contributed by atoms with Crippen LogP contribution in [-0.2, 0) is 17.5 Å². The summed E-state index contributed by atoms with van der Waals surface area (Å²) in [6.07, 6.45) is -2.79. The number of aryl methyl sites for hydroxylation is 1. The molecule has 0 N–H and O–H groups in total. The largest absolute Gasteiger partial charge is 0.475 e. The molecule has 0 atom stereocenters. The van der Waals surface area contributed by atoms with Crippen molar-refractivity contribution in [3.05, 3.63) is 46.6 Å². The van der Waals surface area contributed by atoms with Crippen molar-refractivity contribution in [3.8, 4) is 17.0 Å². The van der Waals surface area contributed by atoms with E-state index < -0.39 is 11.7 Å². The van der Waals surface area contributed by atoms with Crippen molar-refractivity contribution in [2.45, 2.75) is 19.6 Å². The molecule has 2 heterocycles. The van der Waals surface area contributed by atoms with E-state index in [1.807, 2.05) is 0 Å². The third kappa shape index (κ3) is 3.66. The molecule has 25 heavy (non-hydrogen) atoms. The van der Waals surface area contributed by atoms with Gasteiger partial charge in [-0.05, 0) is 36.2 Å². The number of alkyl halides is 3. The minimum Gasteiger partial charge on any atom is -0.475 e. The maximum atomic E-state index is 13.2. The minimum absolute atomic E-state index is 0.261. The average molecular weight is 350 g/mol. The first-order valence-corrected chi connectivity index (χ1v) is 7.74. The summed E-state index contributed by atoms with van der Waals surface area (Å²) in [6.45, 7) is 2.79. The summed E-state index contributed by atoms with van der Waals surface area (Å²) in [5.41, 5.74) is 2.33. The van der Waals surface area contributed by atoms with Crippen LogP contribution in [0.3, 0.4) is 0 Å². The van der Waals surface area contributed by atoms with Crippen molar-refractivity contribution >= 4 is 6.21 Å². The highest BCUT2D eigenvalue weighted by Gasteiger charge is 2.33. The van der Waals surface area contributed by atoms with Crippen LogP contribution in [0, 0.1) is 6.92 Å². The molecule has 0 unspecified atom stereocenters. The van der Waals surface area contributed by atoms with Gasteiger partial charge < -0.3 is 9.47 Å². The van der Waals surface area contributed by atoms with Crippen LogP contribution >= 0.6 is 0 Å². The summed E-state index contributed by atoms with van der Waals surface area (Å²) in [4.78, 5) is 8.44. The molecule has 1 aliphatic rings. The molecule has 1 aromatic carbocycles. The molecular weight excluding hydrogens is 333 g/mol. The van der Waals surface area contributed by atoms with Gasteiger partial charge in [0, 0.05) is 36.2 Å². The number of methoxy groups -OCH3 is 1. The number of aromatic nitrogens is 1. The van der Waals surface area contributed by atoms with E-state index in [-0.39, 0.29) is 6.54 Å². The Hall–Kier alpha value is -2.41. The molecule has 0 radical (unpaired) electrons. The van der Waals surface area contributed by atoms with Gasteiger partial charge in [-0.3, -0.25) is 4.99 Å². The highest BCUT2D eigenvalue weighted by molar-refractivity contribution is 5.94. The summed E-state index contributed by atoms with van der Waals surface area (Å²) in [7, 11) is 1.57. The minimum atomic E-state index is -4.41. The Morgan fingerprint density at radius 1 is 1.12 bits per heavy atom. The normalized spacial score (nSPS) is 13.2. The predicted molar refractivity (Wildman–Crippen MR) is 88.1 cm³/mol. The molecule has 0 saturated carbocycles. The van der Waals surface area contributed by atoms with Crippen LogP contribution in [0.5, 0.6) is 5.88 Å². The van der Waals surface area contributed by atoms with Crippen molar-refractivity contribution in [2.75, 3.05) is 20.3 Å². The highest BCUT2D eigenvalue weighted by Crippen LogP contribution is 2.38. The second kappa shape index (κ2) is 6.84. The predicted octanol–water partition coefficient (Wildman–Crippen LogP) is 4.03. The number of ether oxygens (including phenoxy) is 2. The monoisotopic (exact) mass is 350 g/mol. The van der Waals surface area contributed by atoms with E-state index in [1.165, 1.54) is 0 Å². The summed E-state index contributed by atoms with van der Waals surface area (Å²) in [5.74, 6) is 0.413. The topological polar surface area (TPSA) is 43.7 Å². The number of rotatable bonds is 5. The molecule has 7 heteroatoms. The van der Waals surface area contributed by atoms with Gasteiger partial charge >= 0.3 is 6.18 Å². The lowest BCUT2D eigenvalue weighted by Gasteiger charge is -2.15. The van der Waals surface area contributed by atoms with Crippen molar-refractivity contribution < 1.29 is 22.6 Å². The Labute approximate surface area is 143 Å². The zero-order chi connectivity index (χ0) is 18.0. The molecule has 3 rings (SSSR count). The second-order valence-electron chi connectivity index (χ2n) is 5.69. The average Bonchev–Trinajstić information content (AvgIpc) is 3.02. The number of hydrogen-bond donors (Lipinski definition) is 0. The van der Waals surface area contributed by atoms with E-state index in [1.54, 1.807) is 32.4 Å². The maximum Gasteiger partial charge on any atom is 0.416 e. The van der Waals surface area contributed by atoms with Gasteiger partial charge in [0.25, 0.3) is 0 Å². The molecule has 1 aromatic heterocycles. The van der Waals surface area contributed by atoms with Crippen LogP contribution in [0.15, 0.2) is 29.3 Å². The van der Waals surface area contributed by atoms with Gasteiger partial charge in [0.05, 0.1) is 18.7 Å². The Bertz CT molecular complexity index is 817. The standard InChI is InChI=1S/C18H17F3N2O2/c1-11-14(3-4-17(23-11)25-6-5-24-2)15-8-13(18(19,20)21)7-12-9-22-10-16(12)15/h3-4,7-8,10H,5-6,9H2,1-2H3. The summed E-state index contributed by atoms with van der Waals surface area (Å²) in [6, 6.07) is 5.70. The zero-order valence-electron chi connectivity index (χ0n) is 13.9. The summed E-state index contributed by atoms with van der Waals surface area (Å²) >= 11 is 0. The SMILES string of the molecule is COCCOc1ccc(-c2cc(C(F)(F)F)cc3c2C=NC3)c(C)n1. The van der Waals surface area contributed by atoms with E-state index in [0.717, 1.165) is 12.1 Å². The number of nitrogens with zero attached hydrogens (tertiary/aromatic N) is 2. The fourth-order valence-corrected chi connectivity index (χ4v) is 2.75. The van der Waals surface area contributed by atoms with Crippen molar-refractivity contribution in [2.24, 2.45) is 4.99 Å². The Kier molecular flexibility index (Phi) is 4.76. The van der Waals surface area contributed by atoms with Crippen LogP contribution in [0.4, 0.5) is 13.2 Å². The van der Waals surface area contributed by atoms with E-state index in [0.29, 0.717) is 47.0 Å². The fourth-order valence-electron chi connectivity index (χ4n) is 2.75. The van der Waals surface area contributed by atoms with E-state index in [9.17, 15) is 13.2 Å². The lowest BCUT2D eigenvalue weighted by Crippen LogP contribution is -2.08. The van der Waals surface area contributed by atoms with Gasteiger partial charge in [-0.2, -0.15) is 13.2 Å². The molecule has 0 fully saturated rings. The van der Waals surface area contributed by atoms with Crippen molar-refractivity contribution in [3.63, 3.8) is 0 Å². The molecule has 0 saturated heterocycles. The number of hydrogen-bond acceptors (Lipinski definition) is 4. The number of halogens is 3. The van der Waals surface area contributed by atoms with Gasteiger partial charge in [0.2, 0.25) is 5.88 Å². The number of benzene rings is 1. The van der Waals surface area contributed by atoms with E-state index >= 15 is 0 Å². The van der Waals surface area contributed by atoms with Gasteiger partial charge in [0.15, 0.2) is 0 Å². The Morgan fingerprint density at radius 2 is 1.92 bits per heavy atom. The molecule has 0 amide bonds. The molecular formula is C18H17F3N2O2. The highest BCUT2D eigenvalue weighted by atomic mass is 19.4. The van der Waals surface area contributed by atoms with E-state index in [4.69, 9.17) is 9.47 Å². The third-order valence-electron chi connectivity index (χ3n) is 3.96. The molecule has 1 aliphatic heterocycles. The zero-order valence-corrected chi connectivity index (χ0v) is 13.9. The lowest BCUT2D eigenvalue weighted by atomic mass is 9.93. The van der Waals surface area contributed by atoms with Gasteiger partial charge in [-0.1, -0.05) is 0 Å². The first kappa shape index (κ1) is 17.4. The molecule has 0 spiro atoms. The van der Waals surface area contributed by atoms with Crippen LogP contribution in [0.25, 0.3) is 11.1 Å². The van der Waals surface area contributed by atoms with Crippen molar-refractivity contribution in [1.29, 1.82) is 0 Å². The maximum absolute atomic E-state index is 13.2. The third-order valence-corrected chi connectivity index (χ3v) is 3.96. The first-order valence-electron chi connectivity index (χ1n) is 7.74. The Balaban J connectivity index is 2.01. The van der Waals surface area contributed by atoms with Crippen LogP contribution in [-0.4, -0.2) is 31.5 Å². The second-order valence-corrected chi connectivity index (χ2v) is 5.69. The molecule has 4 nitrogen and oxygen atoms in total. The quantitative estimate of drug-likeness (QED) is 0.765. The molecule has 2 aromatic rings. The first-order chi connectivity index (χ1) is 11.9. The molecule has 132 valence electrons. The fraction of sp³-hybridized carbons (Fsp3) is 0.333. The number of aliphatic imine (C=N–C) groups is 1. The molecule has 0 aliphatic carbocycles. The van der Waals surface area contributed by atoms with Gasteiger partial charge in [-0.15, -0.1) is 0 Å². The number of pyridine rings is 1. The van der Waals surface area contributed by atoms with Crippen molar-refractivity contribution in [1.82, 2.24) is 4.98 Å². The smallest absolute Gasteiger partial charge is 0.416 e. The van der Waals surface area contributed by atoms with Gasteiger partial charge in [0.1, 0.15) is 6.61 Å². The number of fused-ring (bicyclic) bond motifs is 1. The summed E-state index contributed by atoms with van der Waals surface area (Å²) < 4.78 is 50.0. The lowest BCUT2D eigenvalue weighted by molar-refractivity contribution is -0.137. The Morgan fingerprint density at radius 3 is 2.60 bits per heavy atom. The van der Waals surface area contributed by atoms with Crippen LogP contribution in [0.2, 0.25) is 0 Å². The van der Waals surface area contributed by atoms with Crippen LogP contribution < -0.4 is 4.74 Å². The summed E-state index contributed by atoms with van der Waals surface area (Å²) in [5, 5.41) is 0. The van der Waals surface area contributed by atoms with Crippen LogP contribution in [0.1, 0.15) is 22.4 Å².